The fourth-order valence-electron chi connectivity index (χ4n) is 3.23. The molecule has 24 heavy (non-hydrogen) atoms. The molecule has 1 aromatic carbocycles. The number of rotatable bonds is 10. The lowest BCUT2D eigenvalue weighted by atomic mass is 9.84. The fraction of sp³-hybridized carbons (Fsp3) is 0.750. The molecule has 0 aliphatic heterocycles. The highest BCUT2D eigenvalue weighted by molar-refractivity contribution is 5.31. The van der Waals surface area contributed by atoms with Crippen LogP contribution in [-0.2, 0) is 12.8 Å². The summed E-state index contributed by atoms with van der Waals surface area (Å²) < 4.78 is 0. The van der Waals surface area contributed by atoms with E-state index in [-0.39, 0.29) is 0 Å². The van der Waals surface area contributed by atoms with Gasteiger partial charge in [0.2, 0.25) is 0 Å². The average Bonchev–Trinajstić information content (AvgIpc) is 2.49. The Kier molecular flexibility index (Phi) is 8.54. The summed E-state index contributed by atoms with van der Waals surface area (Å²) in [5.74, 6) is 0. The molecule has 0 radical (unpaired) electrons. The summed E-state index contributed by atoms with van der Waals surface area (Å²) in [5, 5.41) is 0. The van der Waals surface area contributed by atoms with Gasteiger partial charge in [0.1, 0.15) is 0 Å². The zero-order chi connectivity index (χ0) is 18.2. The molecule has 0 spiro atoms. The summed E-state index contributed by atoms with van der Waals surface area (Å²) in [7, 11) is 0. The first kappa shape index (κ1) is 21.3. The van der Waals surface area contributed by atoms with Gasteiger partial charge in [-0.2, -0.15) is 0 Å². The highest BCUT2D eigenvalue weighted by atomic mass is 14.2. The molecular weight excluding hydrogens is 288 g/mol. The molecule has 0 nitrogen and oxygen atoms in total. The van der Waals surface area contributed by atoms with Crippen molar-refractivity contribution in [2.45, 2.75) is 106 Å². The molecule has 0 unspecified atom stereocenters. The van der Waals surface area contributed by atoms with Crippen molar-refractivity contribution >= 4 is 0 Å². The Morgan fingerprint density at radius 3 is 2.04 bits per heavy atom. The van der Waals surface area contributed by atoms with Gasteiger partial charge in [-0.15, -0.1) is 0 Å². The SMILES string of the molecule is CCC(C)(C)CCCCc1cc(CCCCC(C)(C)C)ccc1C. The summed E-state index contributed by atoms with van der Waals surface area (Å²) in [6, 6.07) is 7.16. The average molecular weight is 331 g/mol. The zero-order valence-corrected chi connectivity index (χ0v) is 17.6. The summed E-state index contributed by atoms with van der Waals surface area (Å²) in [4.78, 5) is 0. The second-order valence-corrected chi connectivity index (χ2v) is 9.75. The van der Waals surface area contributed by atoms with Gasteiger partial charge in [-0.25, -0.2) is 0 Å². The van der Waals surface area contributed by atoms with E-state index < -0.39 is 0 Å². The van der Waals surface area contributed by atoms with E-state index in [4.69, 9.17) is 0 Å². The monoisotopic (exact) mass is 330 g/mol. The lowest BCUT2D eigenvalue weighted by Gasteiger charge is -2.22. The molecule has 0 heterocycles. The van der Waals surface area contributed by atoms with Crippen molar-refractivity contribution in [2.24, 2.45) is 10.8 Å². The van der Waals surface area contributed by atoms with E-state index in [0.717, 1.165) is 0 Å². The molecule has 0 amide bonds. The Balaban J connectivity index is 2.42. The van der Waals surface area contributed by atoms with Crippen LogP contribution in [0.3, 0.4) is 0 Å². The van der Waals surface area contributed by atoms with Gasteiger partial charge in [-0.1, -0.05) is 79.0 Å². The van der Waals surface area contributed by atoms with Gasteiger partial charge in [0, 0.05) is 0 Å². The van der Waals surface area contributed by atoms with Crippen LogP contribution in [0.15, 0.2) is 18.2 Å². The minimum absolute atomic E-state index is 0.477. The normalized spacial score (nSPS) is 12.6. The number of benzene rings is 1. The number of hydrogen-bond donors (Lipinski definition) is 0. The Bertz CT molecular complexity index is 473. The lowest BCUT2D eigenvalue weighted by molar-refractivity contribution is 0.309. The number of aryl methyl sites for hydroxylation is 3. The summed E-state index contributed by atoms with van der Waals surface area (Å²) in [5.41, 5.74) is 5.59. The van der Waals surface area contributed by atoms with E-state index in [2.05, 4.69) is 66.7 Å². The summed E-state index contributed by atoms with van der Waals surface area (Å²) in [6.07, 6.45) is 11.8. The van der Waals surface area contributed by atoms with Crippen LogP contribution in [0.4, 0.5) is 0 Å². The third-order valence-corrected chi connectivity index (χ3v) is 5.56. The van der Waals surface area contributed by atoms with Crippen molar-refractivity contribution in [1.29, 1.82) is 0 Å². The van der Waals surface area contributed by atoms with Crippen LogP contribution in [0.25, 0.3) is 0 Å². The van der Waals surface area contributed by atoms with E-state index in [0.29, 0.717) is 10.8 Å². The Morgan fingerprint density at radius 2 is 1.42 bits per heavy atom. The zero-order valence-electron chi connectivity index (χ0n) is 17.6. The van der Waals surface area contributed by atoms with E-state index >= 15 is 0 Å². The standard InChI is InChI=1S/C24H42/c1-8-24(6,7)18-12-10-14-22-19-21(16-15-20(22)2)13-9-11-17-23(3,4)5/h15-16,19H,8-14,17-18H2,1-7H3. The number of hydrogen-bond acceptors (Lipinski definition) is 0. The fourth-order valence-corrected chi connectivity index (χ4v) is 3.23. The smallest absolute Gasteiger partial charge is 0.0276 e. The second-order valence-electron chi connectivity index (χ2n) is 9.75. The van der Waals surface area contributed by atoms with Gasteiger partial charge >= 0.3 is 0 Å². The van der Waals surface area contributed by atoms with Crippen molar-refractivity contribution in [3.63, 3.8) is 0 Å². The number of unbranched alkanes of at least 4 members (excludes halogenated alkanes) is 2. The molecule has 0 aliphatic rings. The van der Waals surface area contributed by atoms with Gasteiger partial charge in [-0.05, 0) is 73.0 Å². The van der Waals surface area contributed by atoms with Gasteiger partial charge < -0.3 is 0 Å². The van der Waals surface area contributed by atoms with Gasteiger partial charge in [0.25, 0.3) is 0 Å². The molecular formula is C24H42. The van der Waals surface area contributed by atoms with E-state index in [1.165, 1.54) is 63.4 Å². The summed E-state index contributed by atoms with van der Waals surface area (Å²) >= 11 is 0. The largest absolute Gasteiger partial charge is 0.0649 e. The maximum absolute atomic E-state index is 2.48. The predicted molar refractivity (Wildman–Crippen MR) is 110 cm³/mol. The Morgan fingerprint density at radius 1 is 0.792 bits per heavy atom. The van der Waals surface area contributed by atoms with Gasteiger partial charge in [-0.3, -0.25) is 0 Å². The first-order valence-electron chi connectivity index (χ1n) is 10.2. The molecule has 0 heteroatoms. The third kappa shape index (κ3) is 8.90. The van der Waals surface area contributed by atoms with Crippen molar-refractivity contribution in [1.82, 2.24) is 0 Å². The van der Waals surface area contributed by atoms with Crippen LogP contribution >= 0.6 is 0 Å². The van der Waals surface area contributed by atoms with Crippen LogP contribution < -0.4 is 0 Å². The van der Waals surface area contributed by atoms with Gasteiger partial charge in [0.05, 0.1) is 0 Å². The van der Waals surface area contributed by atoms with E-state index in [9.17, 15) is 0 Å². The van der Waals surface area contributed by atoms with Crippen LogP contribution in [0, 0.1) is 17.8 Å². The first-order valence-corrected chi connectivity index (χ1v) is 10.2. The van der Waals surface area contributed by atoms with Crippen LogP contribution in [0.2, 0.25) is 0 Å². The van der Waals surface area contributed by atoms with Crippen molar-refractivity contribution in [2.75, 3.05) is 0 Å². The third-order valence-electron chi connectivity index (χ3n) is 5.56. The molecule has 0 bridgehead atoms. The maximum atomic E-state index is 2.48. The Hall–Kier alpha value is -0.780. The van der Waals surface area contributed by atoms with Gasteiger partial charge in [0.15, 0.2) is 0 Å². The Labute approximate surface area is 152 Å². The lowest BCUT2D eigenvalue weighted by Crippen LogP contribution is -2.09. The quantitative estimate of drug-likeness (QED) is 0.382. The van der Waals surface area contributed by atoms with Crippen LogP contribution in [0.5, 0.6) is 0 Å². The molecule has 0 atom stereocenters. The minimum atomic E-state index is 0.477. The van der Waals surface area contributed by atoms with Crippen LogP contribution in [0.1, 0.15) is 103 Å². The molecule has 0 saturated carbocycles. The van der Waals surface area contributed by atoms with Crippen molar-refractivity contribution < 1.29 is 0 Å². The highest BCUT2D eigenvalue weighted by Gasteiger charge is 2.14. The highest BCUT2D eigenvalue weighted by Crippen LogP contribution is 2.27. The van der Waals surface area contributed by atoms with E-state index in [1.54, 1.807) is 11.1 Å². The molecule has 0 N–H and O–H groups in total. The molecule has 0 fully saturated rings. The molecule has 0 aromatic heterocycles. The molecule has 1 aromatic rings. The second kappa shape index (κ2) is 9.64. The van der Waals surface area contributed by atoms with Crippen LogP contribution in [-0.4, -0.2) is 0 Å². The molecule has 0 saturated heterocycles. The first-order chi connectivity index (χ1) is 11.1. The van der Waals surface area contributed by atoms with Crippen molar-refractivity contribution in [3.05, 3.63) is 34.9 Å². The molecule has 0 aliphatic carbocycles. The van der Waals surface area contributed by atoms with Crippen molar-refractivity contribution in [3.8, 4) is 0 Å². The maximum Gasteiger partial charge on any atom is -0.0276 e. The predicted octanol–water partition coefficient (Wildman–Crippen LogP) is 7.90. The molecule has 138 valence electrons. The minimum Gasteiger partial charge on any atom is -0.0649 e. The summed E-state index contributed by atoms with van der Waals surface area (Å²) in [6.45, 7) is 16.4. The van der Waals surface area contributed by atoms with E-state index in [1.807, 2.05) is 0 Å². The molecule has 1 rings (SSSR count). The topological polar surface area (TPSA) is 0 Å².